The van der Waals surface area contributed by atoms with Gasteiger partial charge in [-0.25, -0.2) is 4.98 Å². The highest BCUT2D eigenvalue weighted by atomic mass is 32.2. The third-order valence-electron chi connectivity index (χ3n) is 7.40. The molecule has 0 aliphatic carbocycles. The number of aryl methyl sites for hydroxylation is 1. The highest BCUT2D eigenvalue weighted by molar-refractivity contribution is 8.26. The summed E-state index contributed by atoms with van der Waals surface area (Å²) in [6, 6.07) is 14.5. The molecule has 2 aliphatic heterocycles. The molecule has 1 aromatic carbocycles. The average Bonchev–Trinajstić information content (AvgIpc) is 3.19. The first-order valence-electron chi connectivity index (χ1n) is 12.9. The summed E-state index contributed by atoms with van der Waals surface area (Å²) in [5.74, 6) is 1.12. The van der Waals surface area contributed by atoms with E-state index in [0.29, 0.717) is 32.2 Å². The van der Waals surface area contributed by atoms with E-state index in [4.69, 9.17) is 17.2 Å². The number of hydrogen-bond acceptors (Lipinski definition) is 6. The van der Waals surface area contributed by atoms with Gasteiger partial charge in [-0.3, -0.25) is 18.9 Å². The minimum atomic E-state index is -0.163. The van der Waals surface area contributed by atoms with Crippen LogP contribution in [0, 0.1) is 12.8 Å². The molecule has 0 N–H and O–H groups in total. The number of thiocarbonyl (C=S) groups is 1. The van der Waals surface area contributed by atoms with E-state index in [1.807, 2.05) is 39.1 Å². The van der Waals surface area contributed by atoms with E-state index in [1.165, 1.54) is 17.3 Å². The molecule has 37 heavy (non-hydrogen) atoms. The van der Waals surface area contributed by atoms with Crippen molar-refractivity contribution in [1.82, 2.24) is 14.3 Å². The van der Waals surface area contributed by atoms with Gasteiger partial charge in [-0.2, -0.15) is 0 Å². The zero-order chi connectivity index (χ0) is 26.1. The molecule has 0 saturated carbocycles. The Morgan fingerprint density at radius 1 is 1.14 bits per heavy atom. The number of pyridine rings is 1. The molecule has 0 unspecified atom stereocenters. The van der Waals surface area contributed by atoms with Crippen LogP contribution in [0.1, 0.15) is 49.8 Å². The lowest BCUT2D eigenvalue weighted by Gasteiger charge is -2.33. The Bertz CT molecular complexity index is 1430. The first kappa shape index (κ1) is 25.7. The van der Waals surface area contributed by atoms with Crippen molar-refractivity contribution in [3.05, 3.63) is 80.6 Å². The van der Waals surface area contributed by atoms with Crippen LogP contribution in [-0.4, -0.2) is 43.6 Å². The van der Waals surface area contributed by atoms with Gasteiger partial charge in [0.05, 0.1) is 10.5 Å². The number of thioether (sulfide) groups is 1. The van der Waals surface area contributed by atoms with Crippen LogP contribution in [0.4, 0.5) is 5.82 Å². The number of hydrogen-bond donors (Lipinski definition) is 0. The van der Waals surface area contributed by atoms with Crippen molar-refractivity contribution in [2.24, 2.45) is 5.92 Å². The van der Waals surface area contributed by atoms with E-state index in [2.05, 4.69) is 35.2 Å². The van der Waals surface area contributed by atoms with E-state index < -0.39 is 0 Å². The monoisotopic (exact) mass is 532 g/mol. The Labute approximate surface area is 227 Å². The van der Waals surface area contributed by atoms with Gasteiger partial charge in [0.25, 0.3) is 11.5 Å². The summed E-state index contributed by atoms with van der Waals surface area (Å²) >= 11 is 6.79. The molecule has 6 nitrogen and oxygen atoms in total. The highest BCUT2D eigenvalue weighted by Gasteiger charge is 2.35. The molecule has 0 bridgehead atoms. The van der Waals surface area contributed by atoms with E-state index in [9.17, 15) is 9.59 Å². The lowest BCUT2D eigenvalue weighted by molar-refractivity contribution is -0.123. The summed E-state index contributed by atoms with van der Waals surface area (Å²) in [5.41, 5.74) is 3.24. The van der Waals surface area contributed by atoms with Crippen molar-refractivity contribution in [2.75, 3.05) is 18.0 Å². The number of rotatable bonds is 6. The van der Waals surface area contributed by atoms with Crippen LogP contribution in [-0.2, 0) is 11.2 Å². The van der Waals surface area contributed by atoms with Gasteiger partial charge in [0.2, 0.25) is 0 Å². The van der Waals surface area contributed by atoms with Gasteiger partial charge in [-0.15, -0.1) is 0 Å². The van der Waals surface area contributed by atoms with E-state index in [-0.39, 0.29) is 17.5 Å². The van der Waals surface area contributed by atoms with Crippen LogP contribution in [0.15, 0.2) is 58.4 Å². The predicted octanol–water partition coefficient (Wildman–Crippen LogP) is 5.46. The zero-order valence-electron chi connectivity index (χ0n) is 21.5. The standard InChI is InChI=1S/C29H32N4O2S2/c1-4-20(3)33-28(35)24(37-29(33)36)17-23-26(30-25-11-10-19(2)18-32(25)27(23)34)31-14-12-22(13-15-31)16-21-8-6-5-7-9-21/h5-11,17-18,20,22H,4,12-16H2,1-3H3/b24-17-/t20-/m0/s1. The zero-order valence-corrected chi connectivity index (χ0v) is 23.1. The number of carbonyl (C=O) groups is 1. The number of aromatic nitrogens is 2. The van der Waals surface area contributed by atoms with Crippen LogP contribution in [0.3, 0.4) is 0 Å². The fraction of sp³-hybridized carbons (Fsp3) is 0.379. The molecule has 4 heterocycles. The third-order valence-corrected chi connectivity index (χ3v) is 8.73. The number of anilines is 1. The summed E-state index contributed by atoms with van der Waals surface area (Å²) in [5, 5.41) is 0. The maximum Gasteiger partial charge on any atom is 0.267 e. The molecular weight excluding hydrogens is 500 g/mol. The minimum absolute atomic E-state index is 0.0139. The van der Waals surface area contributed by atoms with Crippen molar-refractivity contribution < 1.29 is 4.79 Å². The first-order chi connectivity index (χ1) is 17.9. The maximum atomic E-state index is 13.8. The minimum Gasteiger partial charge on any atom is -0.356 e. The van der Waals surface area contributed by atoms with Crippen LogP contribution in [0.25, 0.3) is 11.7 Å². The Balaban J connectivity index is 1.50. The number of carbonyl (C=O) groups excluding carboxylic acids is 1. The predicted molar refractivity (Wildman–Crippen MR) is 156 cm³/mol. The van der Waals surface area contributed by atoms with Crippen LogP contribution in [0.5, 0.6) is 0 Å². The van der Waals surface area contributed by atoms with Gasteiger partial charge in [0, 0.05) is 25.3 Å². The molecule has 2 saturated heterocycles. The van der Waals surface area contributed by atoms with Crippen molar-refractivity contribution in [3.63, 3.8) is 0 Å². The van der Waals surface area contributed by atoms with Crippen molar-refractivity contribution in [3.8, 4) is 0 Å². The van der Waals surface area contributed by atoms with E-state index >= 15 is 0 Å². The van der Waals surface area contributed by atoms with Crippen molar-refractivity contribution in [1.29, 1.82) is 0 Å². The second-order valence-corrected chi connectivity index (χ2v) is 11.7. The number of amides is 1. The summed E-state index contributed by atoms with van der Waals surface area (Å²) in [7, 11) is 0. The Morgan fingerprint density at radius 2 is 1.86 bits per heavy atom. The van der Waals surface area contributed by atoms with Gasteiger partial charge in [-0.1, -0.05) is 67.3 Å². The van der Waals surface area contributed by atoms with E-state index in [1.54, 1.807) is 15.4 Å². The Hall–Kier alpha value is -2.97. The summed E-state index contributed by atoms with van der Waals surface area (Å²) < 4.78 is 2.13. The molecular formula is C29H32N4O2S2. The lowest BCUT2D eigenvalue weighted by atomic mass is 9.90. The van der Waals surface area contributed by atoms with Gasteiger partial charge in [-0.05, 0) is 68.7 Å². The summed E-state index contributed by atoms with van der Waals surface area (Å²) in [6.07, 6.45) is 7.45. The van der Waals surface area contributed by atoms with Gasteiger partial charge < -0.3 is 4.90 Å². The number of benzene rings is 1. The second kappa shape index (κ2) is 10.8. The SMILES string of the molecule is CC[C@H](C)N1C(=O)/C(=C/c2c(N3CCC(Cc4ccccc4)CC3)nc3ccc(C)cn3c2=O)SC1=S. The normalized spacial score (nSPS) is 18.8. The number of piperidine rings is 1. The number of fused-ring (bicyclic) bond motifs is 1. The molecule has 2 aliphatic rings. The van der Waals surface area contributed by atoms with Gasteiger partial charge in [0.1, 0.15) is 15.8 Å². The second-order valence-electron chi connectivity index (χ2n) is 10.0. The molecule has 192 valence electrons. The molecule has 5 rings (SSSR count). The topological polar surface area (TPSA) is 57.9 Å². The van der Waals surface area contributed by atoms with Crippen molar-refractivity contribution in [2.45, 2.75) is 52.5 Å². The van der Waals surface area contributed by atoms with Crippen LogP contribution in [0.2, 0.25) is 0 Å². The highest BCUT2D eigenvalue weighted by Crippen LogP contribution is 2.36. The van der Waals surface area contributed by atoms with Crippen molar-refractivity contribution >= 4 is 51.7 Å². The number of nitrogens with zero attached hydrogens (tertiary/aromatic N) is 4. The van der Waals surface area contributed by atoms with Gasteiger partial charge >= 0.3 is 0 Å². The molecule has 0 spiro atoms. The quantitative estimate of drug-likeness (QED) is 0.310. The summed E-state index contributed by atoms with van der Waals surface area (Å²) in [6.45, 7) is 7.62. The van der Waals surface area contributed by atoms with Gasteiger partial charge in [0.15, 0.2) is 0 Å². The van der Waals surface area contributed by atoms with Crippen LogP contribution < -0.4 is 10.5 Å². The fourth-order valence-corrected chi connectivity index (χ4v) is 6.53. The molecule has 8 heteroatoms. The summed E-state index contributed by atoms with van der Waals surface area (Å²) in [4.78, 5) is 36.3. The first-order valence-corrected chi connectivity index (χ1v) is 14.2. The van der Waals surface area contributed by atoms with E-state index in [0.717, 1.165) is 44.3 Å². The lowest BCUT2D eigenvalue weighted by Crippen LogP contribution is -2.37. The Kier molecular flexibility index (Phi) is 7.49. The third kappa shape index (κ3) is 5.22. The molecule has 0 radical (unpaired) electrons. The fourth-order valence-electron chi connectivity index (χ4n) is 5.08. The largest absolute Gasteiger partial charge is 0.356 e. The maximum absolute atomic E-state index is 13.8. The average molecular weight is 533 g/mol. The molecule has 2 fully saturated rings. The molecule has 2 aromatic heterocycles. The Morgan fingerprint density at radius 3 is 2.57 bits per heavy atom. The van der Waals surface area contributed by atoms with Crippen LogP contribution >= 0.6 is 24.0 Å². The molecule has 3 aromatic rings. The molecule has 1 atom stereocenters. The smallest absolute Gasteiger partial charge is 0.267 e. The molecule has 1 amide bonds.